The number of aliphatic hydroxyl groups is 1. The molecule has 0 radical (unpaired) electrons. The van der Waals surface area contributed by atoms with Crippen LogP contribution in [0.25, 0.3) is 0 Å². The van der Waals surface area contributed by atoms with Crippen LogP contribution >= 0.6 is 15.9 Å². The summed E-state index contributed by atoms with van der Waals surface area (Å²) in [5, 5.41) is 14.0. The fourth-order valence-electron chi connectivity index (χ4n) is 3.75. The summed E-state index contributed by atoms with van der Waals surface area (Å²) in [7, 11) is -3.95. The van der Waals surface area contributed by atoms with Crippen molar-refractivity contribution in [3.8, 4) is 5.75 Å². The van der Waals surface area contributed by atoms with E-state index in [0.29, 0.717) is 31.4 Å². The molecule has 32 heavy (non-hydrogen) atoms. The summed E-state index contributed by atoms with van der Waals surface area (Å²) in [6, 6.07) is 13.4. The van der Waals surface area contributed by atoms with Crippen molar-refractivity contribution < 1.29 is 23.1 Å². The molecule has 1 aliphatic rings. The smallest absolute Gasteiger partial charge is 0.264 e. The number of rotatable bonds is 7. The third kappa shape index (κ3) is 6.46. The van der Waals surface area contributed by atoms with E-state index in [0.717, 1.165) is 10.2 Å². The third-order valence-electron chi connectivity index (χ3n) is 5.42. The second-order valence-electron chi connectivity index (χ2n) is 8.26. The fraction of sp³-hybridized carbons (Fsp3) is 0.435. The van der Waals surface area contributed by atoms with E-state index >= 15 is 0 Å². The van der Waals surface area contributed by atoms with Crippen molar-refractivity contribution in [2.75, 3.05) is 5.32 Å². The molecule has 0 bridgehead atoms. The van der Waals surface area contributed by atoms with Crippen LogP contribution in [-0.2, 0) is 14.8 Å². The summed E-state index contributed by atoms with van der Waals surface area (Å²) >= 11 is 3.27. The average molecular weight is 525 g/mol. The first-order chi connectivity index (χ1) is 15.2. The van der Waals surface area contributed by atoms with Gasteiger partial charge in [0.15, 0.2) is 0 Å². The summed E-state index contributed by atoms with van der Waals surface area (Å²) in [5.74, 6) is -0.332. The van der Waals surface area contributed by atoms with E-state index in [2.05, 4.69) is 26.0 Å². The summed E-state index contributed by atoms with van der Waals surface area (Å²) in [4.78, 5) is 12.8. The number of ether oxygens (including phenoxy) is 1. The van der Waals surface area contributed by atoms with Crippen LogP contribution in [0.2, 0.25) is 0 Å². The predicted octanol–water partition coefficient (Wildman–Crippen LogP) is 4.07. The summed E-state index contributed by atoms with van der Waals surface area (Å²) in [5.41, 5.74) is 0.783. The number of carbonyl (C=O) groups excluding carboxylic acids is 1. The molecule has 0 saturated heterocycles. The van der Waals surface area contributed by atoms with Gasteiger partial charge in [-0.05, 0) is 75.9 Å². The van der Waals surface area contributed by atoms with Crippen LogP contribution in [0.5, 0.6) is 5.75 Å². The van der Waals surface area contributed by atoms with Gasteiger partial charge < -0.3 is 15.2 Å². The molecule has 3 rings (SSSR count). The first-order valence-electron chi connectivity index (χ1n) is 10.7. The number of hydrogen-bond acceptors (Lipinski definition) is 6. The van der Waals surface area contributed by atoms with Gasteiger partial charge >= 0.3 is 0 Å². The fourth-order valence-corrected chi connectivity index (χ4v) is 5.06. The van der Waals surface area contributed by atoms with Crippen LogP contribution in [0.1, 0.15) is 39.5 Å². The number of anilines is 1. The van der Waals surface area contributed by atoms with Crippen LogP contribution < -0.4 is 14.8 Å². The van der Waals surface area contributed by atoms with Gasteiger partial charge in [0.1, 0.15) is 5.75 Å². The number of carbonyl (C=O) groups is 1. The van der Waals surface area contributed by atoms with Crippen LogP contribution in [0.15, 0.2) is 57.9 Å². The van der Waals surface area contributed by atoms with E-state index in [9.17, 15) is 18.3 Å². The van der Waals surface area contributed by atoms with Gasteiger partial charge in [0, 0.05) is 10.4 Å². The van der Waals surface area contributed by atoms with E-state index in [1.165, 1.54) is 12.1 Å². The molecule has 1 amide bonds. The van der Waals surface area contributed by atoms with Gasteiger partial charge in [-0.2, -0.15) is 0 Å². The zero-order chi connectivity index (χ0) is 23.3. The van der Waals surface area contributed by atoms with Gasteiger partial charge in [-0.15, -0.1) is 0 Å². The Labute approximate surface area is 197 Å². The van der Waals surface area contributed by atoms with Gasteiger partial charge in [-0.25, -0.2) is 13.1 Å². The number of aliphatic hydroxyl groups excluding tert-OH is 1. The van der Waals surface area contributed by atoms with Gasteiger partial charge in [0.2, 0.25) is 5.91 Å². The Morgan fingerprint density at radius 3 is 2.41 bits per heavy atom. The zero-order valence-electron chi connectivity index (χ0n) is 18.1. The molecular formula is C23H29BrN2O5S. The van der Waals surface area contributed by atoms with Gasteiger partial charge in [-0.3, -0.25) is 4.79 Å². The lowest BCUT2D eigenvalue weighted by atomic mass is 10.00. The molecule has 0 unspecified atom stereocenters. The molecule has 0 aliphatic heterocycles. The Bertz CT molecular complexity index is 1030. The molecule has 3 atom stereocenters. The second kappa shape index (κ2) is 10.7. The highest BCUT2D eigenvalue weighted by Gasteiger charge is 2.31. The lowest BCUT2D eigenvalue weighted by Crippen LogP contribution is -2.35. The molecular weight excluding hydrogens is 496 g/mol. The molecule has 174 valence electrons. The summed E-state index contributed by atoms with van der Waals surface area (Å²) < 4.78 is 33.9. The van der Waals surface area contributed by atoms with Crippen molar-refractivity contribution in [2.45, 2.75) is 62.7 Å². The van der Waals surface area contributed by atoms with Crippen LogP contribution in [0.3, 0.4) is 0 Å². The van der Waals surface area contributed by atoms with Crippen molar-refractivity contribution in [3.63, 3.8) is 0 Å². The minimum Gasteiger partial charge on any atom is -0.489 e. The highest BCUT2D eigenvalue weighted by atomic mass is 79.9. The van der Waals surface area contributed by atoms with E-state index in [1.54, 1.807) is 12.1 Å². The Kier molecular flexibility index (Phi) is 8.19. The highest BCUT2D eigenvalue weighted by Crippen LogP contribution is 2.31. The first kappa shape index (κ1) is 24.5. The van der Waals surface area contributed by atoms with Gasteiger partial charge in [-0.1, -0.05) is 28.1 Å². The van der Waals surface area contributed by atoms with Crippen molar-refractivity contribution in [1.82, 2.24) is 4.72 Å². The van der Waals surface area contributed by atoms with Gasteiger partial charge in [0.25, 0.3) is 10.0 Å². The Hall–Kier alpha value is -2.10. The molecule has 0 aromatic heterocycles. The second-order valence-corrected chi connectivity index (χ2v) is 10.9. The summed E-state index contributed by atoms with van der Waals surface area (Å²) in [6.45, 7) is 3.89. The minimum atomic E-state index is -3.95. The lowest BCUT2D eigenvalue weighted by molar-refractivity contribution is -0.123. The average Bonchev–Trinajstić information content (AvgIpc) is 2.91. The van der Waals surface area contributed by atoms with Crippen molar-refractivity contribution in [3.05, 3.63) is 53.0 Å². The number of nitrogens with one attached hydrogen (secondary N) is 2. The Balaban J connectivity index is 1.65. The monoisotopic (exact) mass is 524 g/mol. The number of benzene rings is 2. The normalized spacial score (nSPS) is 21.6. The Morgan fingerprint density at radius 2 is 1.72 bits per heavy atom. The molecule has 3 N–H and O–H groups in total. The number of para-hydroxylation sites is 2. The molecule has 0 heterocycles. The largest absolute Gasteiger partial charge is 0.489 e. The predicted molar refractivity (Wildman–Crippen MR) is 127 cm³/mol. The standard InChI is InChI=1S/C23H29BrN2O5S/c1-15(2)31-22-6-4-3-5-20(22)25-19-13-7-16(8-14-21(19)27)23(28)26-32(29,30)18-11-9-17(24)10-12-18/h3-6,9-12,15-16,19,21,25,27H,7-8,13-14H2,1-2H3,(H,26,28)/t16-,19+,21+/m1/s1. The van der Waals surface area contributed by atoms with E-state index in [-0.39, 0.29) is 17.0 Å². The maximum Gasteiger partial charge on any atom is 0.264 e. The number of hydrogen-bond donors (Lipinski definition) is 3. The van der Waals surface area contributed by atoms with E-state index in [1.807, 2.05) is 38.1 Å². The molecule has 1 fully saturated rings. The lowest BCUT2D eigenvalue weighted by Gasteiger charge is -2.24. The maximum atomic E-state index is 12.7. The molecule has 0 spiro atoms. The van der Waals surface area contributed by atoms with Crippen LogP contribution in [0.4, 0.5) is 5.69 Å². The van der Waals surface area contributed by atoms with Gasteiger partial charge in [0.05, 0.1) is 28.8 Å². The highest BCUT2D eigenvalue weighted by molar-refractivity contribution is 9.10. The van der Waals surface area contributed by atoms with Crippen molar-refractivity contribution in [1.29, 1.82) is 0 Å². The minimum absolute atomic E-state index is 0.0118. The molecule has 1 saturated carbocycles. The molecule has 2 aromatic rings. The molecule has 9 heteroatoms. The first-order valence-corrected chi connectivity index (χ1v) is 13.0. The number of sulfonamides is 1. The Morgan fingerprint density at radius 1 is 1.06 bits per heavy atom. The zero-order valence-corrected chi connectivity index (χ0v) is 20.5. The number of amides is 1. The van der Waals surface area contributed by atoms with E-state index < -0.39 is 28.0 Å². The van der Waals surface area contributed by atoms with Crippen LogP contribution in [-0.4, -0.2) is 37.7 Å². The molecule has 1 aliphatic carbocycles. The SMILES string of the molecule is CC(C)Oc1ccccc1N[C@H]1CC[C@@H](C(=O)NS(=O)(=O)c2ccc(Br)cc2)CC[C@@H]1O. The molecule has 7 nitrogen and oxygen atoms in total. The van der Waals surface area contributed by atoms with E-state index in [4.69, 9.17) is 4.74 Å². The van der Waals surface area contributed by atoms with Crippen molar-refractivity contribution >= 4 is 37.5 Å². The van der Waals surface area contributed by atoms with Crippen molar-refractivity contribution in [2.24, 2.45) is 5.92 Å². The van der Waals surface area contributed by atoms with Crippen LogP contribution in [0, 0.1) is 5.92 Å². The third-order valence-corrected chi connectivity index (χ3v) is 7.31. The maximum absolute atomic E-state index is 12.7. The topological polar surface area (TPSA) is 105 Å². The quantitative estimate of drug-likeness (QED) is 0.471. The number of halogens is 1. The molecule has 2 aromatic carbocycles. The summed E-state index contributed by atoms with van der Waals surface area (Å²) in [6.07, 6.45) is 1.13.